The number of Topliss-reactive ketones (excluding diaryl/α,β-unsaturated/α-hetero) is 1. The zero-order valence-corrected chi connectivity index (χ0v) is 16.7. The minimum atomic E-state index is -0.562. The molecule has 1 aromatic carbocycles. The van der Waals surface area contributed by atoms with Gasteiger partial charge in [-0.2, -0.15) is 0 Å². The molecule has 3 aromatic rings. The van der Waals surface area contributed by atoms with E-state index in [9.17, 15) is 14.4 Å². The molecule has 0 spiro atoms. The SMILES string of the molecule is CC(=O)c1cc(C(=O)OCc2cc(=O)oc3cc(C)c(C(C)C)cc23)n(C)c1. The number of hydrogen-bond donors (Lipinski definition) is 0. The summed E-state index contributed by atoms with van der Waals surface area (Å²) in [5.74, 6) is -0.384. The molecule has 0 amide bonds. The van der Waals surface area contributed by atoms with Crippen molar-refractivity contribution in [3.8, 4) is 0 Å². The fourth-order valence-electron chi connectivity index (χ4n) is 3.31. The summed E-state index contributed by atoms with van der Waals surface area (Å²) in [5, 5.41) is 0.748. The Morgan fingerprint density at radius 3 is 2.50 bits per heavy atom. The monoisotopic (exact) mass is 381 g/mol. The van der Waals surface area contributed by atoms with E-state index in [1.54, 1.807) is 17.8 Å². The largest absolute Gasteiger partial charge is 0.456 e. The lowest BCUT2D eigenvalue weighted by Crippen LogP contribution is -2.11. The molecule has 0 aliphatic rings. The number of fused-ring (bicyclic) bond motifs is 1. The Morgan fingerprint density at radius 1 is 1.18 bits per heavy atom. The summed E-state index contributed by atoms with van der Waals surface area (Å²) in [6.07, 6.45) is 1.59. The lowest BCUT2D eigenvalue weighted by atomic mass is 9.95. The van der Waals surface area contributed by atoms with Crippen molar-refractivity contribution in [1.29, 1.82) is 0 Å². The minimum Gasteiger partial charge on any atom is -0.456 e. The summed E-state index contributed by atoms with van der Waals surface area (Å²) in [4.78, 5) is 35.9. The lowest BCUT2D eigenvalue weighted by molar-refractivity contribution is 0.0462. The third kappa shape index (κ3) is 3.76. The number of carbonyl (C=O) groups is 2. The standard InChI is InChI=1S/C22H23NO5/c1-12(2)17-9-18-16(8-21(25)28-20(18)6-13(17)3)11-27-22(26)19-7-15(14(4)24)10-23(19)5/h6-10,12H,11H2,1-5H3. The number of ketones is 1. The molecule has 0 radical (unpaired) electrons. The van der Waals surface area contributed by atoms with Gasteiger partial charge in [-0.3, -0.25) is 4.79 Å². The molecule has 146 valence electrons. The summed E-state index contributed by atoms with van der Waals surface area (Å²) < 4.78 is 12.3. The first-order valence-corrected chi connectivity index (χ1v) is 9.09. The van der Waals surface area contributed by atoms with Gasteiger partial charge in [0.1, 0.15) is 17.9 Å². The molecule has 0 fully saturated rings. The highest BCUT2D eigenvalue weighted by Gasteiger charge is 2.17. The maximum Gasteiger partial charge on any atom is 0.355 e. The molecule has 0 aliphatic carbocycles. The molecule has 28 heavy (non-hydrogen) atoms. The van der Waals surface area contributed by atoms with Crippen molar-refractivity contribution in [2.75, 3.05) is 0 Å². The molecule has 0 saturated heterocycles. The topological polar surface area (TPSA) is 78.5 Å². The van der Waals surface area contributed by atoms with Gasteiger partial charge in [0.2, 0.25) is 0 Å². The summed E-state index contributed by atoms with van der Waals surface area (Å²) >= 11 is 0. The summed E-state index contributed by atoms with van der Waals surface area (Å²) in [6, 6.07) is 6.68. The van der Waals surface area contributed by atoms with Crippen LogP contribution in [0.2, 0.25) is 0 Å². The number of rotatable bonds is 5. The van der Waals surface area contributed by atoms with Gasteiger partial charge >= 0.3 is 11.6 Å². The molecule has 0 unspecified atom stereocenters. The molecule has 0 bridgehead atoms. The van der Waals surface area contributed by atoms with E-state index >= 15 is 0 Å². The van der Waals surface area contributed by atoms with Crippen molar-refractivity contribution in [1.82, 2.24) is 4.57 Å². The Morgan fingerprint density at radius 2 is 1.89 bits per heavy atom. The number of esters is 1. The Balaban J connectivity index is 1.93. The van der Waals surface area contributed by atoms with Gasteiger partial charge in [0.25, 0.3) is 0 Å². The number of hydrogen-bond acceptors (Lipinski definition) is 5. The van der Waals surface area contributed by atoms with Gasteiger partial charge < -0.3 is 13.7 Å². The van der Waals surface area contributed by atoms with Crippen molar-refractivity contribution in [3.63, 3.8) is 0 Å². The summed E-state index contributed by atoms with van der Waals surface area (Å²) in [7, 11) is 1.67. The summed E-state index contributed by atoms with van der Waals surface area (Å²) in [6.45, 7) is 7.53. The van der Waals surface area contributed by atoms with Crippen LogP contribution in [0.5, 0.6) is 0 Å². The first-order chi connectivity index (χ1) is 13.2. The highest BCUT2D eigenvalue weighted by Crippen LogP contribution is 2.27. The number of aryl methyl sites for hydroxylation is 2. The summed E-state index contributed by atoms with van der Waals surface area (Å²) in [5.41, 5.74) is 3.46. The van der Waals surface area contributed by atoms with Gasteiger partial charge in [-0.15, -0.1) is 0 Å². The predicted molar refractivity (Wildman–Crippen MR) is 106 cm³/mol. The Bertz CT molecular complexity index is 1130. The van der Waals surface area contributed by atoms with Gasteiger partial charge in [0.15, 0.2) is 5.78 Å². The molecular weight excluding hydrogens is 358 g/mol. The van der Waals surface area contributed by atoms with Crippen molar-refractivity contribution in [3.05, 3.63) is 68.8 Å². The number of benzene rings is 1. The van der Waals surface area contributed by atoms with Crippen LogP contribution in [0.1, 0.15) is 64.2 Å². The number of ether oxygens (including phenoxy) is 1. The number of nitrogens with zero attached hydrogens (tertiary/aromatic N) is 1. The van der Waals surface area contributed by atoms with Crippen molar-refractivity contribution >= 4 is 22.7 Å². The van der Waals surface area contributed by atoms with Gasteiger partial charge in [-0.05, 0) is 49.1 Å². The number of carbonyl (C=O) groups excluding carboxylic acids is 2. The van der Waals surface area contributed by atoms with E-state index in [2.05, 4.69) is 13.8 Å². The van der Waals surface area contributed by atoms with Crippen LogP contribution < -0.4 is 5.63 Å². The van der Waals surface area contributed by atoms with Gasteiger partial charge in [-0.25, -0.2) is 9.59 Å². The van der Waals surface area contributed by atoms with Crippen LogP contribution in [0, 0.1) is 6.92 Å². The molecular formula is C22H23NO5. The zero-order valence-electron chi connectivity index (χ0n) is 16.7. The molecule has 6 heteroatoms. The third-order valence-corrected chi connectivity index (χ3v) is 4.82. The molecule has 0 aliphatic heterocycles. The van der Waals surface area contributed by atoms with Gasteiger partial charge in [0.05, 0.1) is 0 Å². The Hall–Kier alpha value is -3.15. The highest BCUT2D eigenvalue weighted by atomic mass is 16.5. The molecule has 0 atom stereocenters. The normalized spacial score (nSPS) is 11.2. The zero-order chi connectivity index (χ0) is 20.6. The molecule has 2 heterocycles. The van der Waals surface area contributed by atoms with E-state index in [1.807, 2.05) is 19.1 Å². The lowest BCUT2D eigenvalue weighted by Gasteiger charge is -2.13. The average Bonchev–Trinajstić information content (AvgIpc) is 3.00. The van der Waals surface area contributed by atoms with E-state index in [-0.39, 0.29) is 18.1 Å². The van der Waals surface area contributed by atoms with Crippen LogP contribution in [-0.2, 0) is 18.4 Å². The van der Waals surface area contributed by atoms with E-state index < -0.39 is 11.6 Å². The molecule has 6 nitrogen and oxygen atoms in total. The molecule has 0 saturated carbocycles. The first kappa shape index (κ1) is 19.6. The minimum absolute atomic E-state index is 0.0673. The fourth-order valence-corrected chi connectivity index (χ4v) is 3.31. The Kier molecular flexibility index (Phi) is 5.23. The average molecular weight is 381 g/mol. The molecule has 0 N–H and O–H groups in total. The van der Waals surface area contributed by atoms with Crippen LogP contribution in [0.4, 0.5) is 0 Å². The first-order valence-electron chi connectivity index (χ1n) is 9.09. The van der Waals surface area contributed by atoms with Crippen LogP contribution in [-0.4, -0.2) is 16.3 Å². The number of aromatic nitrogens is 1. The van der Waals surface area contributed by atoms with Gasteiger partial charge in [0, 0.05) is 35.8 Å². The predicted octanol–water partition coefficient (Wildman–Crippen LogP) is 4.12. The molecule has 2 aromatic heterocycles. The third-order valence-electron chi connectivity index (χ3n) is 4.82. The maximum absolute atomic E-state index is 12.5. The van der Waals surface area contributed by atoms with Crippen LogP contribution >= 0.6 is 0 Å². The van der Waals surface area contributed by atoms with E-state index in [4.69, 9.17) is 9.15 Å². The second-order valence-electron chi connectivity index (χ2n) is 7.31. The van der Waals surface area contributed by atoms with Crippen molar-refractivity contribution < 1.29 is 18.7 Å². The van der Waals surface area contributed by atoms with Crippen LogP contribution in [0.15, 0.2) is 39.7 Å². The van der Waals surface area contributed by atoms with E-state index in [1.165, 1.54) is 19.1 Å². The van der Waals surface area contributed by atoms with Crippen LogP contribution in [0.3, 0.4) is 0 Å². The Labute approximate surface area is 162 Å². The van der Waals surface area contributed by atoms with E-state index in [0.717, 1.165) is 16.5 Å². The van der Waals surface area contributed by atoms with Crippen molar-refractivity contribution in [2.24, 2.45) is 7.05 Å². The second-order valence-corrected chi connectivity index (χ2v) is 7.31. The molecule has 3 rings (SSSR count). The van der Waals surface area contributed by atoms with E-state index in [0.29, 0.717) is 22.6 Å². The second kappa shape index (κ2) is 7.46. The fraction of sp³-hybridized carbons (Fsp3) is 0.318. The maximum atomic E-state index is 12.5. The van der Waals surface area contributed by atoms with Gasteiger partial charge in [-0.1, -0.05) is 13.8 Å². The smallest absolute Gasteiger partial charge is 0.355 e. The highest BCUT2D eigenvalue weighted by molar-refractivity contribution is 5.97. The quantitative estimate of drug-likeness (QED) is 0.377. The van der Waals surface area contributed by atoms with Crippen molar-refractivity contribution in [2.45, 2.75) is 40.2 Å². The van der Waals surface area contributed by atoms with Crippen LogP contribution in [0.25, 0.3) is 11.0 Å².